The van der Waals surface area contributed by atoms with E-state index in [1.165, 1.54) is 0 Å². The minimum atomic E-state index is -2.08. The number of aliphatic hydroxyl groups is 1. The number of hydrogen-bond donors (Lipinski definition) is 1. The minimum absolute atomic E-state index is 0.0438. The highest BCUT2D eigenvalue weighted by Gasteiger charge is 2.51. The molecule has 10 rings (SSSR count). The lowest BCUT2D eigenvalue weighted by Crippen LogP contribution is -2.53. The molecular formula is C67H64O11S2. The van der Waals surface area contributed by atoms with Crippen LogP contribution in [0.4, 0.5) is 0 Å². The number of hydrogen-bond acceptors (Lipinski definition) is 11. The monoisotopic (exact) mass is 1110 g/mol. The number of ether oxygens (including phenoxy) is 8. The Kier molecular flexibility index (Phi) is 20.2. The zero-order valence-electron chi connectivity index (χ0n) is 44.1. The summed E-state index contributed by atoms with van der Waals surface area (Å²) in [4.78, 5) is 1.03. The molecule has 0 spiro atoms. The molecule has 8 aromatic carbocycles. The van der Waals surface area contributed by atoms with Crippen molar-refractivity contribution >= 4 is 21.6 Å². The Labute approximate surface area is 473 Å². The lowest BCUT2D eigenvalue weighted by atomic mass is 9.97. The van der Waals surface area contributed by atoms with Crippen LogP contribution in [0.25, 0.3) is 0 Å². The van der Waals surface area contributed by atoms with E-state index in [4.69, 9.17) is 37.9 Å². The maximum absolute atomic E-state index is 15.8. The molecule has 8 atom stereocenters. The third kappa shape index (κ3) is 14.8. The molecule has 0 saturated heterocycles. The average molecular weight is 1110 g/mol. The van der Waals surface area contributed by atoms with Crippen LogP contribution < -0.4 is 0 Å². The van der Waals surface area contributed by atoms with Gasteiger partial charge in [0.1, 0.15) is 35.9 Å². The van der Waals surface area contributed by atoms with Gasteiger partial charge in [-0.3, -0.25) is 0 Å². The van der Waals surface area contributed by atoms with E-state index in [0.29, 0.717) is 9.79 Å². The fourth-order valence-electron chi connectivity index (χ4n) is 9.57. The van der Waals surface area contributed by atoms with Gasteiger partial charge in [-0.05, 0) is 57.6 Å². The van der Waals surface area contributed by atoms with Gasteiger partial charge >= 0.3 is 0 Å². The van der Waals surface area contributed by atoms with E-state index >= 15 is 8.42 Å². The zero-order chi connectivity index (χ0) is 54.7. The van der Waals surface area contributed by atoms with Crippen LogP contribution >= 0.6 is 0 Å². The van der Waals surface area contributed by atoms with Crippen LogP contribution in [0, 0.1) is 0 Å². The molecule has 0 fully saturated rings. The Morgan fingerprint density at radius 3 is 0.887 bits per heavy atom. The standard InChI is InChI=1S/C67H64O11S2/c68-59(62-66(79(69)55-37-21-7-22-38-55)64(75-45-53-33-17-5-18-34-53)60(73-43-51-29-13-3-14-30-51)57(77-62)47-71-41-49-25-9-1-10-26-49)63-67(80(70)56-39-23-8-24-40-56)65(76-46-54-35-19-6-20-36-54)61(74-44-52-31-15-4-16-32-52)58(78-63)48-72-42-50-27-11-2-12-28-50/h1-40,57-61,64-65,68H,41-48H2/t57-,58-,59?,60-,61-,64+,65+,79?,80?/m1/s1. The first-order valence-electron chi connectivity index (χ1n) is 26.8. The second-order valence-corrected chi connectivity index (χ2v) is 22.2. The van der Waals surface area contributed by atoms with Crippen LogP contribution in [0.3, 0.4) is 0 Å². The predicted octanol–water partition coefficient (Wildman–Crippen LogP) is 12.0. The first kappa shape index (κ1) is 56.1. The van der Waals surface area contributed by atoms with Gasteiger partial charge in [-0.2, -0.15) is 0 Å². The largest absolute Gasteiger partial charge is 0.485 e. The number of aliphatic hydroxyl groups excluding tert-OH is 1. The smallest absolute Gasteiger partial charge is 0.170 e. The topological polar surface area (TPSA) is 128 Å². The van der Waals surface area contributed by atoms with Crippen molar-refractivity contribution in [1.82, 2.24) is 0 Å². The second-order valence-electron chi connectivity index (χ2n) is 19.3. The number of rotatable bonds is 26. The lowest BCUT2D eigenvalue weighted by Gasteiger charge is -2.44. The molecule has 2 heterocycles. The van der Waals surface area contributed by atoms with Crippen LogP contribution in [0.2, 0.25) is 0 Å². The molecule has 0 aromatic heterocycles. The molecular weight excluding hydrogens is 1040 g/mol. The molecule has 11 nitrogen and oxygen atoms in total. The van der Waals surface area contributed by atoms with E-state index in [2.05, 4.69) is 0 Å². The lowest BCUT2D eigenvalue weighted by molar-refractivity contribution is -0.172. The van der Waals surface area contributed by atoms with Gasteiger partial charge in [0, 0.05) is 9.79 Å². The van der Waals surface area contributed by atoms with E-state index < -0.39 is 64.3 Å². The van der Waals surface area contributed by atoms with E-state index in [0.717, 1.165) is 33.4 Å². The molecule has 13 heteroatoms. The Morgan fingerprint density at radius 2 is 0.600 bits per heavy atom. The van der Waals surface area contributed by atoms with Crippen molar-refractivity contribution in [3.8, 4) is 0 Å². The number of benzene rings is 8. The van der Waals surface area contributed by atoms with Crippen molar-refractivity contribution in [2.24, 2.45) is 0 Å². The molecule has 0 saturated carbocycles. The molecule has 1 N–H and O–H groups in total. The average Bonchev–Trinajstić information content (AvgIpc) is 3.59. The van der Waals surface area contributed by atoms with Crippen molar-refractivity contribution in [2.75, 3.05) is 13.2 Å². The summed E-state index contributed by atoms with van der Waals surface area (Å²) >= 11 is 0. The van der Waals surface area contributed by atoms with Crippen LogP contribution in [0.1, 0.15) is 33.4 Å². The molecule has 8 aromatic rings. The van der Waals surface area contributed by atoms with Crippen LogP contribution in [0.15, 0.2) is 274 Å². The van der Waals surface area contributed by atoms with Crippen molar-refractivity contribution in [3.63, 3.8) is 0 Å². The normalized spacial score (nSPS) is 20.3. The third-order valence-electron chi connectivity index (χ3n) is 13.6. The van der Waals surface area contributed by atoms with E-state index in [1.54, 1.807) is 48.5 Å². The van der Waals surface area contributed by atoms with E-state index in [9.17, 15) is 5.11 Å². The highest BCUT2D eigenvalue weighted by molar-refractivity contribution is 7.89. The van der Waals surface area contributed by atoms with E-state index in [-0.39, 0.29) is 74.2 Å². The van der Waals surface area contributed by atoms with Gasteiger partial charge in [0.25, 0.3) is 0 Å². The summed E-state index contributed by atoms with van der Waals surface area (Å²) in [5.74, 6) is -0.268. The first-order chi connectivity index (χ1) is 39.5. The SMILES string of the molecule is O=S(C1=C(C(O)C2=C(S(=O)c3ccccc3)[C@@H](OCc3ccccc3)[C@H](OCc3ccccc3)[C@@H](COCc3ccccc3)O2)O[C@H](COCc2ccccc2)[C@@H](OCc2ccccc2)[C@@H]1OCc1ccccc1)c1ccccc1. The zero-order valence-corrected chi connectivity index (χ0v) is 45.8. The maximum atomic E-state index is 15.8. The summed E-state index contributed by atoms with van der Waals surface area (Å²) < 4.78 is 87.0. The molecule has 0 amide bonds. The van der Waals surface area contributed by atoms with Crippen molar-refractivity contribution in [1.29, 1.82) is 0 Å². The molecule has 80 heavy (non-hydrogen) atoms. The third-order valence-corrected chi connectivity index (χ3v) is 16.7. The maximum Gasteiger partial charge on any atom is 0.170 e. The molecule has 2 unspecified atom stereocenters. The van der Waals surface area contributed by atoms with Crippen molar-refractivity contribution in [3.05, 3.63) is 297 Å². The summed E-state index contributed by atoms with van der Waals surface area (Å²) in [5, 5.41) is 13.8. The van der Waals surface area contributed by atoms with Crippen LogP contribution in [-0.2, 0) is 99.1 Å². The highest BCUT2D eigenvalue weighted by Crippen LogP contribution is 2.43. The second kappa shape index (κ2) is 28.8. The summed E-state index contributed by atoms with van der Waals surface area (Å²) in [7, 11) is -4.16. The van der Waals surface area contributed by atoms with Gasteiger partial charge in [-0.25, -0.2) is 8.42 Å². The summed E-state index contributed by atoms with van der Waals surface area (Å²) in [6.45, 7) is 0.810. The molecule has 410 valence electrons. The molecule has 0 bridgehead atoms. The summed E-state index contributed by atoms with van der Waals surface area (Å²) in [6.07, 6.45) is -8.01. The highest BCUT2D eigenvalue weighted by atomic mass is 32.2. The van der Waals surface area contributed by atoms with Gasteiger partial charge in [0.05, 0.1) is 84.3 Å². The predicted molar refractivity (Wildman–Crippen MR) is 308 cm³/mol. The Bertz CT molecular complexity index is 3030. The fraction of sp³-hybridized carbons (Fsp3) is 0.224. The van der Waals surface area contributed by atoms with Crippen LogP contribution in [0.5, 0.6) is 0 Å². The minimum Gasteiger partial charge on any atom is -0.485 e. The fourth-order valence-corrected chi connectivity index (χ4v) is 12.4. The summed E-state index contributed by atoms with van der Waals surface area (Å²) in [5.41, 5.74) is 5.34. The Morgan fingerprint density at radius 1 is 0.350 bits per heavy atom. The van der Waals surface area contributed by atoms with Gasteiger partial charge in [0.2, 0.25) is 0 Å². The molecule has 2 aliphatic heterocycles. The molecule has 0 aliphatic carbocycles. The summed E-state index contributed by atoms with van der Waals surface area (Å²) in [6, 6.07) is 76.3. The van der Waals surface area contributed by atoms with Gasteiger partial charge < -0.3 is 43.0 Å². The van der Waals surface area contributed by atoms with Crippen LogP contribution in [-0.4, -0.2) is 69.5 Å². The van der Waals surface area contributed by atoms with Gasteiger partial charge in [0.15, 0.2) is 18.3 Å². The van der Waals surface area contributed by atoms with Gasteiger partial charge in [-0.15, -0.1) is 0 Å². The first-order valence-corrected chi connectivity index (χ1v) is 29.1. The van der Waals surface area contributed by atoms with Crippen molar-refractivity contribution < 1.29 is 51.4 Å². The quantitative estimate of drug-likeness (QED) is 0.0556. The molecule has 0 radical (unpaired) electrons. The van der Waals surface area contributed by atoms with Gasteiger partial charge in [-0.1, -0.05) is 218 Å². The van der Waals surface area contributed by atoms with E-state index in [1.807, 2.05) is 194 Å². The Hall–Kier alpha value is -7.14. The van der Waals surface area contributed by atoms with Crippen molar-refractivity contribution in [2.45, 2.75) is 92.2 Å². The Balaban J connectivity index is 1.16. The molecule has 2 aliphatic rings.